The molecule has 0 aromatic heterocycles. The Kier molecular flexibility index (Phi) is 7.33. The molecule has 1 fully saturated rings. The van der Waals surface area contributed by atoms with Gasteiger partial charge in [0.2, 0.25) is 0 Å². The van der Waals surface area contributed by atoms with Gasteiger partial charge in [0.1, 0.15) is 0 Å². The zero-order chi connectivity index (χ0) is 23.5. The average Bonchev–Trinajstić information content (AvgIpc) is 2.85. The van der Waals surface area contributed by atoms with Crippen LogP contribution in [0.3, 0.4) is 0 Å². The highest BCUT2D eigenvalue weighted by Gasteiger charge is 2.29. The van der Waals surface area contributed by atoms with Crippen molar-refractivity contribution in [2.75, 3.05) is 13.2 Å². The summed E-state index contributed by atoms with van der Waals surface area (Å²) in [5.74, 6) is 0. The van der Waals surface area contributed by atoms with Crippen molar-refractivity contribution >= 4 is 11.6 Å². The number of hydrogen-bond donors (Lipinski definition) is 2. The quantitative estimate of drug-likeness (QED) is 0.521. The second-order valence-corrected chi connectivity index (χ2v) is 10.0. The maximum atomic E-state index is 10.2. The third-order valence-electron chi connectivity index (χ3n) is 7.03. The van der Waals surface area contributed by atoms with Crippen LogP contribution >= 0.6 is 11.6 Å². The van der Waals surface area contributed by atoms with Crippen molar-refractivity contribution in [1.82, 2.24) is 4.90 Å². The summed E-state index contributed by atoms with van der Waals surface area (Å²) >= 11 is 6.59. The van der Waals surface area contributed by atoms with Crippen molar-refractivity contribution in [3.63, 3.8) is 0 Å². The van der Waals surface area contributed by atoms with E-state index in [-0.39, 0.29) is 18.8 Å². The molecule has 5 rings (SSSR count). The van der Waals surface area contributed by atoms with Crippen LogP contribution in [0.2, 0.25) is 5.02 Å². The van der Waals surface area contributed by atoms with Crippen LogP contribution in [-0.4, -0.2) is 40.5 Å². The van der Waals surface area contributed by atoms with Gasteiger partial charge in [-0.25, -0.2) is 0 Å². The Balaban J connectivity index is 1.31. The lowest BCUT2D eigenvalue weighted by atomic mass is 9.92. The van der Waals surface area contributed by atoms with Gasteiger partial charge in [-0.15, -0.1) is 0 Å². The molecule has 3 unspecified atom stereocenters. The highest BCUT2D eigenvalue weighted by molar-refractivity contribution is 6.31. The van der Waals surface area contributed by atoms with Crippen LogP contribution in [0.25, 0.3) is 0 Å². The SMILES string of the molecule is OCC1CC(O)CC(c2ccc(Cl)c(Cc3ccc4c(c3)CN(Cc3ccccc3)CC4)c2)O1. The minimum Gasteiger partial charge on any atom is -0.394 e. The average molecular weight is 478 g/mol. The van der Waals surface area contributed by atoms with Gasteiger partial charge in [-0.05, 0) is 52.3 Å². The number of halogens is 1. The van der Waals surface area contributed by atoms with E-state index in [2.05, 4.69) is 59.5 Å². The van der Waals surface area contributed by atoms with E-state index in [9.17, 15) is 10.2 Å². The summed E-state index contributed by atoms with van der Waals surface area (Å²) < 4.78 is 6.01. The zero-order valence-electron chi connectivity index (χ0n) is 19.4. The molecule has 0 radical (unpaired) electrons. The maximum Gasteiger partial charge on any atom is 0.0854 e. The maximum absolute atomic E-state index is 10.2. The predicted octanol–water partition coefficient (Wildman–Crippen LogP) is 5.06. The van der Waals surface area contributed by atoms with Crippen LogP contribution in [0.15, 0.2) is 66.7 Å². The molecule has 0 saturated carbocycles. The number of ether oxygens (including phenoxy) is 1. The molecule has 0 aliphatic carbocycles. The Morgan fingerprint density at radius 1 is 0.941 bits per heavy atom. The topological polar surface area (TPSA) is 52.9 Å². The second kappa shape index (κ2) is 10.6. The lowest BCUT2D eigenvalue weighted by Crippen LogP contribution is -2.33. The van der Waals surface area contributed by atoms with Crippen molar-refractivity contribution < 1.29 is 14.9 Å². The van der Waals surface area contributed by atoms with Crippen molar-refractivity contribution in [3.05, 3.63) is 105 Å². The minimum absolute atomic E-state index is 0.0789. The van der Waals surface area contributed by atoms with Crippen LogP contribution in [-0.2, 0) is 30.7 Å². The van der Waals surface area contributed by atoms with Crippen LogP contribution in [0.4, 0.5) is 0 Å². The molecule has 178 valence electrons. The Hall–Kier alpha value is -2.21. The van der Waals surface area contributed by atoms with E-state index in [4.69, 9.17) is 16.3 Å². The van der Waals surface area contributed by atoms with E-state index in [1.165, 1.54) is 22.3 Å². The number of aliphatic hydroxyl groups excluding tert-OH is 2. The van der Waals surface area contributed by atoms with Gasteiger partial charge in [0.15, 0.2) is 0 Å². The highest BCUT2D eigenvalue weighted by Crippen LogP contribution is 2.34. The summed E-state index contributed by atoms with van der Waals surface area (Å²) in [5.41, 5.74) is 7.49. The van der Waals surface area contributed by atoms with Crippen LogP contribution < -0.4 is 0 Å². The van der Waals surface area contributed by atoms with Crippen LogP contribution in [0.5, 0.6) is 0 Å². The molecule has 0 bridgehead atoms. The number of nitrogens with zero attached hydrogens (tertiary/aromatic N) is 1. The first-order valence-electron chi connectivity index (χ1n) is 12.2. The smallest absolute Gasteiger partial charge is 0.0854 e. The molecule has 3 aromatic carbocycles. The molecule has 34 heavy (non-hydrogen) atoms. The van der Waals surface area contributed by atoms with Gasteiger partial charge in [-0.2, -0.15) is 0 Å². The van der Waals surface area contributed by atoms with E-state index in [1.807, 2.05) is 12.1 Å². The van der Waals surface area contributed by atoms with Gasteiger partial charge in [0.25, 0.3) is 0 Å². The Labute approximate surface area is 206 Å². The number of fused-ring (bicyclic) bond motifs is 1. The van der Waals surface area contributed by atoms with Crippen LogP contribution in [0, 0.1) is 0 Å². The van der Waals surface area contributed by atoms with E-state index < -0.39 is 6.10 Å². The van der Waals surface area contributed by atoms with Gasteiger partial charge in [0.05, 0.1) is 24.9 Å². The number of hydrogen-bond acceptors (Lipinski definition) is 4. The first-order valence-corrected chi connectivity index (χ1v) is 12.5. The summed E-state index contributed by atoms with van der Waals surface area (Å²) in [5, 5.41) is 20.5. The predicted molar refractivity (Wildman–Crippen MR) is 135 cm³/mol. The lowest BCUT2D eigenvalue weighted by Gasteiger charge is -2.32. The number of benzene rings is 3. The van der Waals surface area contributed by atoms with Crippen molar-refractivity contribution in [3.8, 4) is 0 Å². The van der Waals surface area contributed by atoms with E-state index in [1.54, 1.807) is 0 Å². The Morgan fingerprint density at radius 2 is 1.79 bits per heavy atom. The molecule has 0 amide bonds. The zero-order valence-corrected chi connectivity index (χ0v) is 20.1. The summed E-state index contributed by atoms with van der Waals surface area (Å²) in [6.45, 7) is 2.93. The van der Waals surface area contributed by atoms with Gasteiger partial charge >= 0.3 is 0 Å². The van der Waals surface area contributed by atoms with Crippen molar-refractivity contribution in [1.29, 1.82) is 0 Å². The lowest BCUT2D eigenvalue weighted by molar-refractivity contribution is -0.113. The molecule has 1 saturated heterocycles. The Bertz CT molecular complexity index is 1120. The summed E-state index contributed by atoms with van der Waals surface area (Å²) in [6, 6.07) is 23.5. The molecule has 3 atom stereocenters. The van der Waals surface area contributed by atoms with Gasteiger partial charge in [-0.1, -0.05) is 72.3 Å². The third-order valence-corrected chi connectivity index (χ3v) is 7.40. The standard InChI is InChI=1S/C29H32ClNO3/c30-28-9-8-23(29-16-26(33)15-27(19-32)34-29)14-24(28)12-21-6-7-22-10-11-31(18-25(22)13-21)17-20-4-2-1-3-5-20/h1-9,13-14,26-27,29,32-33H,10-12,15-19H2. The molecular formula is C29H32ClNO3. The van der Waals surface area contributed by atoms with Crippen molar-refractivity contribution in [2.45, 2.75) is 57.1 Å². The fourth-order valence-electron chi connectivity index (χ4n) is 5.23. The van der Waals surface area contributed by atoms with Gasteiger partial charge in [0, 0.05) is 37.5 Å². The molecule has 4 nitrogen and oxygen atoms in total. The summed E-state index contributed by atoms with van der Waals surface area (Å²) in [7, 11) is 0. The Morgan fingerprint density at radius 3 is 2.62 bits per heavy atom. The molecule has 5 heteroatoms. The van der Waals surface area contributed by atoms with Crippen LogP contribution in [0.1, 0.15) is 52.3 Å². The molecular weight excluding hydrogens is 446 g/mol. The second-order valence-electron chi connectivity index (χ2n) is 9.63. The molecule has 2 heterocycles. The number of rotatable bonds is 6. The molecule has 2 aliphatic rings. The fraction of sp³-hybridized carbons (Fsp3) is 0.379. The number of aliphatic hydroxyl groups is 2. The molecule has 2 N–H and O–H groups in total. The normalized spacial score (nSPS) is 23.0. The summed E-state index contributed by atoms with van der Waals surface area (Å²) in [4.78, 5) is 2.51. The summed E-state index contributed by atoms with van der Waals surface area (Å²) in [6.07, 6.45) is 1.81. The minimum atomic E-state index is -0.463. The van der Waals surface area contributed by atoms with Crippen molar-refractivity contribution in [2.24, 2.45) is 0 Å². The van der Waals surface area contributed by atoms with E-state index in [0.29, 0.717) is 12.8 Å². The molecule has 0 spiro atoms. The molecule has 3 aromatic rings. The molecule has 2 aliphatic heterocycles. The third kappa shape index (κ3) is 5.54. The highest BCUT2D eigenvalue weighted by atomic mass is 35.5. The van der Waals surface area contributed by atoms with Gasteiger partial charge in [-0.3, -0.25) is 4.90 Å². The monoisotopic (exact) mass is 477 g/mol. The van der Waals surface area contributed by atoms with Gasteiger partial charge < -0.3 is 14.9 Å². The van der Waals surface area contributed by atoms with E-state index in [0.717, 1.165) is 48.6 Å². The van der Waals surface area contributed by atoms with E-state index >= 15 is 0 Å². The fourth-order valence-corrected chi connectivity index (χ4v) is 5.41. The largest absolute Gasteiger partial charge is 0.394 e. The first kappa shape index (κ1) is 23.5. The first-order chi connectivity index (χ1) is 16.6.